The minimum absolute atomic E-state index is 0.278. The Bertz CT molecular complexity index is 863. The molecule has 152 valence electrons. The van der Waals surface area contributed by atoms with Crippen molar-refractivity contribution in [3.8, 4) is 6.07 Å². The van der Waals surface area contributed by atoms with Gasteiger partial charge in [-0.15, -0.1) is 0 Å². The summed E-state index contributed by atoms with van der Waals surface area (Å²) < 4.78 is 33.5. The highest BCUT2D eigenvalue weighted by atomic mass is 32.2. The Morgan fingerprint density at radius 2 is 1.86 bits per heavy atom. The van der Waals surface area contributed by atoms with Crippen molar-refractivity contribution in [2.75, 3.05) is 39.4 Å². The van der Waals surface area contributed by atoms with E-state index >= 15 is 0 Å². The minimum atomic E-state index is -3.55. The van der Waals surface area contributed by atoms with Crippen LogP contribution in [0.1, 0.15) is 43.2 Å². The number of hydrogen-bond acceptors (Lipinski definition) is 5. The van der Waals surface area contributed by atoms with Crippen LogP contribution in [0, 0.1) is 23.7 Å². The van der Waals surface area contributed by atoms with Gasteiger partial charge in [-0.25, -0.2) is 8.42 Å². The van der Waals surface area contributed by atoms with Crippen LogP contribution in [0.15, 0.2) is 23.1 Å². The van der Waals surface area contributed by atoms with Crippen molar-refractivity contribution in [1.29, 1.82) is 5.26 Å². The van der Waals surface area contributed by atoms with Crippen LogP contribution in [-0.4, -0.2) is 63.1 Å². The van der Waals surface area contributed by atoms with Crippen LogP contribution in [0.2, 0.25) is 0 Å². The zero-order chi connectivity index (χ0) is 19.8. The molecule has 3 fully saturated rings. The van der Waals surface area contributed by atoms with Crippen molar-refractivity contribution < 1.29 is 13.2 Å². The Morgan fingerprint density at radius 1 is 1.14 bits per heavy atom. The van der Waals surface area contributed by atoms with E-state index in [1.165, 1.54) is 25.3 Å². The molecule has 2 heterocycles. The van der Waals surface area contributed by atoms with Crippen molar-refractivity contribution in [1.82, 2.24) is 9.21 Å². The van der Waals surface area contributed by atoms with Gasteiger partial charge in [0.2, 0.25) is 10.0 Å². The lowest BCUT2D eigenvalue weighted by molar-refractivity contribution is 0.0137. The summed E-state index contributed by atoms with van der Waals surface area (Å²) in [6.07, 6.45) is 5.47. The normalized spacial score (nSPS) is 26.4. The van der Waals surface area contributed by atoms with Crippen LogP contribution in [0.25, 0.3) is 0 Å². The SMILES string of the molecule is Cc1ccc(C#N)cc1S(=O)(=O)N1CCC2(CC[C@@H](N3CCOCC3)C2)CC1. The van der Waals surface area contributed by atoms with E-state index in [-0.39, 0.29) is 4.90 Å². The van der Waals surface area contributed by atoms with Gasteiger partial charge in [0.15, 0.2) is 0 Å². The largest absolute Gasteiger partial charge is 0.379 e. The number of hydrogen-bond donors (Lipinski definition) is 0. The van der Waals surface area contributed by atoms with Crippen molar-refractivity contribution in [3.63, 3.8) is 0 Å². The molecule has 0 aromatic heterocycles. The van der Waals surface area contributed by atoms with Crippen LogP contribution < -0.4 is 0 Å². The second kappa shape index (κ2) is 7.75. The van der Waals surface area contributed by atoms with Gasteiger partial charge in [0.1, 0.15) is 0 Å². The molecule has 6 nitrogen and oxygen atoms in total. The Labute approximate surface area is 168 Å². The molecule has 1 aliphatic carbocycles. The van der Waals surface area contributed by atoms with E-state index in [0.29, 0.717) is 35.7 Å². The fraction of sp³-hybridized carbons (Fsp3) is 0.667. The predicted molar refractivity (Wildman–Crippen MR) is 106 cm³/mol. The van der Waals surface area contributed by atoms with Crippen molar-refractivity contribution in [2.45, 2.75) is 50.0 Å². The summed E-state index contributed by atoms with van der Waals surface area (Å²) in [5.41, 5.74) is 1.38. The lowest BCUT2D eigenvalue weighted by Crippen LogP contribution is -2.45. The number of nitriles is 1. The van der Waals surface area contributed by atoms with Gasteiger partial charge in [-0.1, -0.05) is 6.07 Å². The van der Waals surface area contributed by atoms with E-state index in [1.807, 2.05) is 6.07 Å². The second-order valence-electron chi connectivity index (χ2n) is 8.54. The van der Waals surface area contributed by atoms with Crippen LogP contribution in [0.3, 0.4) is 0 Å². The third kappa shape index (κ3) is 3.71. The molecule has 1 spiro atoms. The zero-order valence-corrected chi connectivity index (χ0v) is 17.4. The van der Waals surface area contributed by atoms with Crippen LogP contribution in [-0.2, 0) is 14.8 Å². The Hall–Kier alpha value is -1.46. The standard InChI is InChI=1S/C21H29N3O3S/c1-17-2-3-18(16-22)14-20(17)28(25,26)24-8-6-21(7-9-24)5-4-19(15-21)23-10-12-27-13-11-23/h2-3,14,19H,4-13,15H2,1H3/t19-/m1/s1. The van der Waals surface area contributed by atoms with Gasteiger partial charge in [-0.05, 0) is 62.1 Å². The van der Waals surface area contributed by atoms with E-state index in [1.54, 1.807) is 23.4 Å². The number of rotatable bonds is 3. The molecule has 2 aliphatic heterocycles. The van der Waals surface area contributed by atoms with Crippen molar-refractivity contribution in [3.05, 3.63) is 29.3 Å². The third-order valence-corrected chi connectivity index (χ3v) is 9.00. The lowest BCUT2D eigenvalue weighted by Gasteiger charge is -2.40. The molecule has 7 heteroatoms. The third-order valence-electron chi connectivity index (χ3n) is 6.96. The monoisotopic (exact) mass is 403 g/mol. The maximum atomic E-state index is 13.2. The highest BCUT2D eigenvalue weighted by Crippen LogP contribution is 2.48. The van der Waals surface area contributed by atoms with Gasteiger partial charge in [-0.3, -0.25) is 4.90 Å². The molecule has 0 bridgehead atoms. The van der Waals surface area contributed by atoms with E-state index < -0.39 is 10.0 Å². The van der Waals surface area contributed by atoms with Crippen molar-refractivity contribution in [2.24, 2.45) is 5.41 Å². The molecule has 3 aliphatic rings. The van der Waals surface area contributed by atoms with Gasteiger partial charge < -0.3 is 4.74 Å². The number of ether oxygens (including phenoxy) is 1. The maximum absolute atomic E-state index is 13.2. The highest BCUT2D eigenvalue weighted by Gasteiger charge is 2.45. The first-order chi connectivity index (χ1) is 13.4. The average Bonchev–Trinajstić information content (AvgIpc) is 3.13. The molecule has 1 aromatic rings. The van der Waals surface area contributed by atoms with E-state index in [4.69, 9.17) is 10.00 Å². The number of aryl methyl sites for hydroxylation is 1. The summed E-state index contributed by atoms with van der Waals surface area (Å²) in [4.78, 5) is 2.85. The summed E-state index contributed by atoms with van der Waals surface area (Å²) >= 11 is 0. The fourth-order valence-corrected chi connectivity index (χ4v) is 6.86. The molecule has 0 radical (unpaired) electrons. The molecule has 1 aromatic carbocycles. The number of morpholine rings is 1. The molecule has 1 saturated carbocycles. The van der Waals surface area contributed by atoms with Crippen LogP contribution in [0.5, 0.6) is 0 Å². The van der Waals surface area contributed by atoms with E-state index in [2.05, 4.69) is 4.90 Å². The van der Waals surface area contributed by atoms with Gasteiger partial charge >= 0.3 is 0 Å². The smallest absolute Gasteiger partial charge is 0.243 e. The summed E-state index contributed by atoms with van der Waals surface area (Å²) in [6.45, 7) is 6.66. The Kier molecular flexibility index (Phi) is 5.49. The second-order valence-corrected chi connectivity index (χ2v) is 10.4. The van der Waals surface area contributed by atoms with Gasteiger partial charge in [0.25, 0.3) is 0 Å². The van der Waals surface area contributed by atoms with E-state index in [0.717, 1.165) is 39.1 Å². The molecular formula is C21H29N3O3S. The van der Waals surface area contributed by atoms with Gasteiger partial charge in [0, 0.05) is 32.2 Å². The fourth-order valence-electron chi connectivity index (χ4n) is 5.17. The summed E-state index contributed by atoms with van der Waals surface area (Å²) in [5.74, 6) is 0. The molecule has 1 atom stereocenters. The van der Waals surface area contributed by atoms with Gasteiger partial charge in [-0.2, -0.15) is 9.57 Å². The first-order valence-electron chi connectivity index (χ1n) is 10.3. The first kappa shape index (κ1) is 19.8. The summed E-state index contributed by atoms with van der Waals surface area (Å²) in [5, 5.41) is 9.13. The topological polar surface area (TPSA) is 73.6 Å². The summed E-state index contributed by atoms with van der Waals surface area (Å²) in [6, 6.07) is 7.58. The molecule has 28 heavy (non-hydrogen) atoms. The quantitative estimate of drug-likeness (QED) is 0.775. The van der Waals surface area contributed by atoms with Gasteiger partial charge in [0.05, 0.1) is 29.7 Å². The Morgan fingerprint density at radius 3 is 2.54 bits per heavy atom. The first-order valence-corrected chi connectivity index (χ1v) is 11.7. The number of benzene rings is 1. The molecule has 0 amide bonds. The molecule has 0 N–H and O–H groups in total. The molecule has 2 saturated heterocycles. The van der Waals surface area contributed by atoms with Crippen LogP contribution >= 0.6 is 0 Å². The molecular weight excluding hydrogens is 374 g/mol. The lowest BCUT2D eigenvalue weighted by atomic mass is 9.77. The summed E-state index contributed by atoms with van der Waals surface area (Å²) in [7, 11) is -3.55. The molecule has 0 unspecified atom stereocenters. The predicted octanol–water partition coefficient (Wildman–Crippen LogP) is 2.52. The highest BCUT2D eigenvalue weighted by molar-refractivity contribution is 7.89. The van der Waals surface area contributed by atoms with E-state index in [9.17, 15) is 8.42 Å². The molecule has 4 rings (SSSR count). The Balaban J connectivity index is 1.43. The number of sulfonamides is 1. The van der Waals surface area contributed by atoms with Crippen LogP contribution in [0.4, 0.5) is 0 Å². The number of nitrogens with zero attached hydrogens (tertiary/aromatic N) is 3. The number of piperidine rings is 1. The maximum Gasteiger partial charge on any atom is 0.243 e. The minimum Gasteiger partial charge on any atom is -0.379 e. The average molecular weight is 404 g/mol. The zero-order valence-electron chi connectivity index (χ0n) is 16.6. The van der Waals surface area contributed by atoms with Crippen molar-refractivity contribution >= 4 is 10.0 Å².